The van der Waals surface area contributed by atoms with E-state index in [1.165, 1.54) is 40.5 Å². The van der Waals surface area contributed by atoms with Crippen LogP contribution in [0.1, 0.15) is 49.3 Å². The van der Waals surface area contributed by atoms with E-state index in [1.807, 2.05) is 5.38 Å². The molecule has 5 rings (SSSR count). The number of carbonyl (C=O) groups is 1. The number of hydrogen-bond donors (Lipinski definition) is 2. The molecule has 0 aliphatic carbocycles. The SMILES string of the molecule is CC(C)(C)OC(=O)N(CCc1ccc(NS(=O)(=O)c2ccc(-c3nc(Cc4ccc(F)cc4)cs3)cc2)cc1)C[C@H](O)c1cccnc1. The number of thiazole rings is 1. The van der Waals surface area contributed by atoms with Gasteiger partial charge in [-0.15, -0.1) is 11.3 Å². The van der Waals surface area contributed by atoms with Crippen molar-refractivity contribution in [2.75, 3.05) is 17.8 Å². The second-order valence-corrected chi connectivity index (χ2v) is 14.8. The van der Waals surface area contributed by atoms with Crippen LogP contribution < -0.4 is 4.72 Å². The van der Waals surface area contributed by atoms with Crippen molar-refractivity contribution in [2.45, 2.75) is 50.2 Å². The number of aliphatic hydroxyl groups is 1. The lowest BCUT2D eigenvalue weighted by molar-refractivity contribution is 0.0146. The number of nitrogens with one attached hydrogen (secondary N) is 1. The molecule has 0 radical (unpaired) electrons. The van der Waals surface area contributed by atoms with Crippen molar-refractivity contribution in [3.63, 3.8) is 0 Å². The van der Waals surface area contributed by atoms with Gasteiger partial charge in [0.2, 0.25) is 0 Å². The molecule has 0 saturated heterocycles. The summed E-state index contributed by atoms with van der Waals surface area (Å²) in [5.41, 5.74) is 3.74. The number of nitrogens with zero attached hydrogens (tertiary/aromatic N) is 3. The highest BCUT2D eigenvalue weighted by atomic mass is 32.2. The van der Waals surface area contributed by atoms with Gasteiger partial charge in [0.15, 0.2) is 0 Å². The summed E-state index contributed by atoms with van der Waals surface area (Å²) < 4.78 is 47.7. The maximum absolute atomic E-state index is 13.2. The van der Waals surface area contributed by atoms with Crippen molar-refractivity contribution in [3.8, 4) is 10.6 Å². The number of benzene rings is 3. The van der Waals surface area contributed by atoms with Gasteiger partial charge in [0.05, 0.1) is 23.2 Å². The number of hydrogen-bond acceptors (Lipinski definition) is 8. The summed E-state index contributed by atoms with van der Waals surface area (Å²) in [6.45, 7) is 5.64. The topological polar surface area (TPSA) is 122 Å². The Morgan fingerprint density at radius 3 is 2.33 bits per heavy atom. The Morgan fingerprint density at radius 1 is 1.00 bits per heavy atom. The fourth-order valence-corrected chi connectivity index (χ4v) is 6.68. The molecule has 2 N–H and O–H groups in total. The fraction of sp³-hybridized carbons (Fsp3) is 0.250. The van der Waals surface area contributed by atoms with Crippen LogP contribution in [0.25, 0.3) is 10.6 Å². The Bertz CT molecular complexity index is 1910. The van der Waals surface area contributed by atoms with Crippen LogP contribution >= 0.6 is 11.3 Å². The highest BCUT2D eigenvalue weighted by Gasteiger charge is 2.25. The van der Waals surface area contributed by atoms with Crippen molar-refractivity contribution in [2.24, 2.45) is 0 Å². The number of pyridine rings is 1. The normalized spacial score (nSPS) is 12.4. The summed E-state index contributed by atoms with van der Waals surface area (Å²) in [5, 5.41) is 13.4. The Kier molecular flexibility index (Phi) is 10.9. The van der Waals surface area contributed by atoms with Crippen LogP contribution in [-0.2, 0) is 27.6 Å². The Morgan fingerprint density at radius 2 is 1.69 bits per heavy atom. The average molecular weight is 689 g/mol. The van der Waals surface area contributed by atoms with Crippen LogP contribution in [0.3, 0.4) is 0 Å². The van der Waals surface area contributed by atoms with Gasteiger partial charge in [-0.05, 0) is 80.8 Å². The predicted octanol–water partition coefficient (Wildman–Crippen LogP) is 7.25. The third kappa shape index (κ3) is 9.69. The number of anilines is 1. The number of amides is 1. The van der Waals surface area contributed by atoms with Gasteiger partial charge >= 0.3 is 6.09 Å². The van der Waals surface area contributed by atoms with Crippen LogP contribution in [0.4, 0.5) is 14.9 Å². The monoisotopic (exact) mass is 688 g/mol. The molecule has 0 unspecified atom stereocenters. The van der Waals surface area contributed by atoms with E-state index in [-0.39, 0.29) is 23.8 Å². The molecule has 0 spiro atoms. The van der Waals surface area contributed by atoms with Crippen LogP contribution in [0, 0.1) is 5.82 Å². The first-order valence-corrected chi connectivity index (χ1v) is 17.7. The van der Waals surface area contributed by atoms with Gasteiger partial charge in [-0.25, -0.2) is 22.6 Å². The zero-order valence-corrected chi connectivity index (χ0v) is 28.5. The maximum atomic E-state index is 13.2. The van der Waals surface area contributed by atoms with Crippen LogP contribution in [-0.4, -0.2) is 53.2 Å². The highest BCUT2D eigenvalue weighted by molar-refractivity contribution is 7.92. The lowest BCUT2D eigenvalue weighted by atomic mass is 10.1. The molecule has 0 fully saturated rings. The van der Waals surface area contributed by atoms with Gasteiger partial charge < -0.3 is 14.7 Å². The number of sulfonamides is 1. The Balaban J connectivity index is 1.19. The minimum absolute atomic E-state index is 0.0248. The van der Waals surface area contributed by atoms with E-state index >= 15 is 0 Å². The van der Waals surface area contributed by atoms with E-state index < -0.39 is 27.8 Å². The molecule has 0 bridgehead atoms. The van der Waals surface area contributed by atoms with Crippen molar-refractivity contribution in [1.82, 2.24) is 14.9 Å². The second kappa shape index (κ2) is 15.1. The van der Waals surface area contributed by atoms with E-state index in [1.54, 1.807) is 93.8 Å². The third-order valence-electron chi connectivity index (χ3n) is 7.25. The number of aliphatic hydroxyl groups excluding tert-OH is 1. The van der Waals surface area contributed by atoms with Gasteiger partial charge in [0, 0.05) is 47.6 Å². The number of halogens is 1. The standard InChI is InChI=1S/C36H37FN4O5S2/c1-36(2,3)46-35(43)41(23-33(42)28-5-4-19-38-22-28)20-18-25-8-14-30(15-9-25)40-48(44,45)32-16-10-27(11-17-32)34-39-31(24-47-34)21-26-6-12-29(37)13-7-26/h4-17,19,22,24,33,40,42H,18,20-21,23H2,1-3H3/t33-/m0/s1. The van der Waals surface area contributed by atoms with Crippen molar-refractivity contribution >= 4 is 33.1 Å². The van der Waals surface area contributed by atoms with Gasteiger partial charge in [-0.2, -0.15) is 0 Å². The quantitative estimate of drug-likeness (QED) is 0.142. The van der Waals surface area contributed by atoms with E-state index in [0.717, 1.165) is 27.4 Å². The molecule has 12 heteroatoms. The molecule has 9 nitrogen and oxygen atoms in total. The number of aromatic nitrogens is 2. The molecule has 5 aromatic rings. The van der Waals surface area contributed by atoms with Gasteiger partial charge in [0.1, 0.15) is 16.4 Å². The molecule has 0 aliphatic rings. The largest absolute Gasteiger partial charge is 0.444 e. The Labute approximate surface area is 284 Å². The smallest absolute Gasteiger partial charge is 0.410 e. The molecule has 2 aromatic heterocycles. The van der Waals surface area contributed by atoms with Crippen LogP contribution in [0.2, 0.25) is 0 Å². The number of carbonyl (C=O) groups excluding carboxylic acids is 1. The van der Waals surface area contributed by atoms with E-state index in [9.17, 15) is 22.7 Å². The number of ether oxygens (including phenoxy) is 1. The van der Waals surface area contributed by atoms with Gasteiger partial charge in [-0.3, -0.25) is 9.71 Å². The zero-order valence-electron chi connectivity index (χ0n) is 26.8. The molecule has 1 atom stereocenters. The molecular formula is C36H37FN4O5S2. The average Bonchev–Trinajstić information content (AvgIpc) is 3.52. The van der Waals surface area contributed by atoms with Crippen molar-refractivity contribution < 1.29 is 27.4 Å². The lowest BCUT2D eigenvalue weighted by Gasteiger charge is -2.29. The van der Waals surface area contributed by atoms with Gasteiger partial charge in [0.25, 0.3) is 10.0 Å². The van der Waals surface area contributed by atoms with Crippen LogP contribution in [0.15, 0.2) is 108 Å². The maximum Gasteiger partial charge on any atom is 0.410 e. The summed E-state index contributed by atoms with van der Waals surface area (Å²) in [6, 6.07) is 23.2. The molecule has 0 aliphatic heterocycles. The Hall–Kier alpha value is -4.65. The fourth-order valence-electron chi connectivity index (χ4n) is 4.80. The lowest BCUT2D eigenvalue weighted by Crippen LogP contribution is -2.40. The van der Waals surface area contributed by atoms with E-state index in [4.69, 9.17) is 4.74 Å². The summed E-state index contributed by atoms with van der Waals surface area (Å²) in [4.78, 5) is 23.2. The summed E-state index contributed by atoms with van der Waals surface area (Å²) in [6.07, 6.45) is 2.71. The predicted molar refractivity (Wildman–Crippen MR) is 185 cm³/mol. The summed E-state index contributed by atoms with van der Waals surface area (Å²) >= 11 is 1.46. The number of rotatable bonds is 12. The zero-order chi connectivity index (χ0) is 34.3. The first-order chi connectivity index (χ1) is 22.8. The minimum Gasteiger partial charge on any atom is -0.444 e. The van der Waals surface area contributed by atoms with E-state index in [0.29, 0.717) is 24.1 Å². The first-order valence-electron chi connectivity index (χ1n) is 15.3. The molecule has 250 valence electrons. The van der Waals surface area contributed by atoms with Gasteiger partial charge in [-0.1, -0.05) is 42.5 Å². The third-order valence-corrected chi connectivity index (χ3v) is 9.59. The molecule has 48 heavy (non-hydrogen) atoms. The molecule has 3 aromatic carbocycles. The first kappa shape index (κ1) is 34.7. The molecule has 2 heterocycles. The van der Waals surface area contributed by atoms with Crippen molar-refractivity contribution in [3.05, 3.63) is 131 Å². The summed E-state index contributed by atoms with van der Waals surface area (Å²) in [7, 11) is -3.86. The summed E-state index contributed by atoms with van der Waals surface area (Å²) in [5.74, 6) is -0.284. The van der Waals surface area contributed by atoms with E-state index in [2.05, 4.69) is 14.7 Å². The minimum atomic E-state index is -3.86. The second-order valence-electron chi connectivity index (χ2n) is 12.3. The van der Waals surface area contributed by atoms with Crippen molar-refractivity contribution in [1.29, 1.82) is 0 Å². The van der Waals surface area contributed by atoms with Crippen LogP contribution in [0.5, 0.6) is 0 Å². The molecule has 1 amide bonds. The highest BCUT2D eigenvalue weighted by Crippen LogP contribution is 2.27. The molecular weight excluding hydrogens is 652 g/mol. The molecule has 0 saturated carbocycles.